The quantitative estimate of drug-likeness (QED) is 0.920. The Morgan fingerprint density at radius 1 is 1.25 bits per heavy atom. The van der Waals surface area contributed by atoms with E-state index < -0.39 is 5.97 Å². The van der Waals surface area contributed by atoms with Crippen LogP contribution in [0.3, 0.4) is 0 Å². The summed E-state index contributed by atoms with van der Waals surface area (Å²) < 4.78 is 0. The van der Waals surface area contributed by atoms with E-state index in [0.29, 0.717) is 0 Å². The van der Waals surface area contributed by atoms with Gasteiger partial charge in [-0.2, -0.15) is 0 Å². The molecule has 2 fully saturated rings. The number of carbonyl (C=O) groups is 1. The first-order chi connectivity index (χ1) is 9.74. The van der Waals surface area contributed by atoms with Crippen molar-refractivity contribution in [3.8, 4) is 0 Å². The standard InChI is InChI=1S/C16H22N2O2/c19-16(20)13-7-8-14(17-10-13)11-18-9-3-5-12-4-1-2-6-15(12)18/h7-8,10,12,15H,1-6,9,11H2,(H,19,20)/t12-,15-/m1/s1. The van der Waals surface area contributed by atoms with Gasteiger partial charge < -0.3 is 5.11 Å². The average molecular weight is 274 g/mol. The van der Waals surface area contributed by atoms with Gasteiger partial charge in [0.1, 0.15) is 0 Å². The van der Waals surface area contributed by atoms with Crippen LogP contribution in [-0.4, -0.2) is 33.5 Å². The van der Waals surface area contributed by atoms with Crippen LogP contribution in [0.2, 0.25) is 0 Å². The van der Waals surface area contributed by atoms with Crippen LogP contribution in [0.15, 0.2) is 18.3 Å². The van der Waals surface area contributed by atoms with Crippen molar-refractivity contribution in [2.24, 2.45) is 5.92 Å². The van der Waals surface area contributed by atoms with Crippen LogP contribution in [0.4, 0.5) is 0 Å². The molecule has 0 unspecified atom stereocenters. The minimum absolute atomic E-state index is 0.267. The van der Waals surface area contributed by atoms with E-state index in [9.17, 15) is 4.79 Å². The van der Waals surface area contributed by atoms with Gasteiger partial charge in [-0.15, -0.1) is 0 Å². The van der Waals surface area contributed by atoms with Crippen molar-refractivity contribution in [1.82, 2.24) is 9.88 Å². The van der Waals surface area contributed by atoms with Gasteiger partial charge in [-0.3, -0.25) is 9.88 Å². The van der Waals surface area contributed by atoms with E-state index >= 15 is 0 Å². The van der Waals surface area contributed by atoms with Crippen LogP contribution < -0.4 is 0 Å². The maximum atomic E-state index is 10.8. The molecule has 1 aliphatic heterocycles. The monoisotopic (exact) mass is 274 g/mol. The van der Waals surface area contributed by atoms with Crippen molar-refractivity contribution >= 4 is 5.97 Å². The molecule has 1 saturated carbocycles. The highest BCUT2D eigenvalue weighted by molar-refractivity contribution is 5.87. The summed E-state index contributed by atoms with van der Waals surface area (Å²) in [5.41, 5.74) is 1.25. The normalized spacial score (nSPS) is 27.0. The number of carboxylic acid groups (broad SMARTS) is 1. The fourth-order valence-electron chi connectivity index (χ4n) is 3.78. The van der Waals surface area contributed by atoms with Crippen molar-refractivity contribution in [2.75, 3.05) is 6.54 Å². The first kappa shape index (κ1) is 13.6. The average Bonchev–Trinajstić information content (AvgIpc) is 2.48. The predicted molar refractivity (Wildman–Crippen MR) is 76.6 cm³/mol. The Kier molecular flexibility index (Phi) is 4.01. The van der Waals surface area contributed by atoms with Crippen molar-refractivity contribution in [3.63, 3.8) is 0 Å². The summed E-state index contributed by atoms with van der Waals surface area (Å²) >= 11 is 0. The van der Waals surface area contributed by atoms with Crippen molar-refractivity contribution in [3.05, 3.63) is 29.6 Å². The van der Waals surface area contributed by atoms with Gasteiger partial charge in [-0.05, 0) is 50.3 Å². The van der Waals surface area contributed by atoms with Crippen LogP contribution >= 0.6 is 0 Å². The highest BCUT2D eigenvalue weighted by Crippen LogP contribution is 2.35. The Morgan fingerprint density at radius 2 is 2.05 bits per heavy atom. The molecule has 0 amide bonds. The van der Waals surface area contributed by atoms with E-state index in [-0.39, 0.29) is 5.56 Å². The molecule has 3 rings (SSSR count). The first-order valence-corrected chi connectivity index (χ1v) is 7.66. The highest BCUT2D eigenvalue weighted by atomic mass is 16.4. The van der Waals surface area contributed by atoms with Crippen LogP contribution in [0.5, 0.6) is 0 Å². The highest BCUT2D eigenvalue weighted by Gasteiger charge is 2.33. The summed E-state index contributed by atoms with van der Waals surface area (Å²) in [7, 11) is 0. The molecule has 0 radical (unpaired) electrons. The fourth-order valence-corrected chi connectivity index (χ4v) is 3.78. The molecule has 0 spiro atoms. The zero-order chi connectivity index (χ0) is 13.9. The Balaban J connectivity index is 1.68. The topological polar surface area (TPSA) is 53.4 Å². The van der Waals surface area contributed by atoms with Gasteiger partial charge in [0.05, 0.1) is 11.3 Å². The number of piperidine rings is 1. The number of hydrogen-bond donors (Lipinski definition) is 1. The van der Waals surface area contributed by atoms with Crippen LogP contribution in [0, 0.1) is 5.92 Å². The van der Waals surface area contributed by atoms with E-state index in [1.807, 2.05) is 6.07 Å². The Hall–Kier alpha value is -1.42. The molecule has 1 aliphatic carbocycles. The summed E-state index contributed by atoms with van der Waals surface area (Å²) in [6.07, 6.45) is 9.58. The number of hydrogen-bond acceptors (Lipinski definition) is 3. The van der Waals surface area contributed by atoms with E-state index in [4.69, 9.17) is 5.11 Å². The molecule has 1 N–H and O–H groups in total. The summed E-state index contributed by atoms with van der Waals surface area (Å²) in [6, 6.07) is 4.24. The third-order valence-electron chi connectivity index (χ3n) is 4.79. The number of carboxylic acids is 1. The minimum Gasteiger partial charge on any atom is -0.478 e. The molecule has 1 aromatic rings. The largest absolute Gasteiger partial charge is 0.478 e. The number of rotatable bonds is 3. The third kappa shape index (κ3) is 2.85. The van der Waals surface area contributed by atoms with Crippen LogP contribution in [-0.2, 0) is 6.54 Å². The van der Waals surface area contributed by atoms with Gasteiger partial charge in [0.25, 0.3) is 0 Å². The fraction of sp³-hybridized carbons (Fsp3) is 0.625. The lowest BCUT2D eigenvalue weighted by molar-refractivity contribution is 0.0537. The molecule has 1 saturated heterocycles. The maximum Gasteiger partial charge on any atom is 0.337 e. The lowest BCUT2D eigenvalue weighted by Gasteiger charge is -2.44. The molecular weight excluding hydrogens is 252 g/mol. The summed E-state index contributed by atoms with van der Waals surface area (Å²) in [6.45, 7) is 2.02. The minimum atomic E-state index is -0.908. The number of aromatic nitrogens is 1. The van der Waals surface area contributed by atoms with E-state index in [1.54, 1.807) is 6.07 Å². The van der Waals surface area contributed by atoms with Crippen LogP contribution in [0.25, 0.3) is 0 Å². The van der Waals surface area contributed by atoms with Gasteiger partial charge in [0.2, 0.25) is 0 Å². The molecule has 4 nitrogen and oxygen atoms in total. The molecule has 1 aromatic heterocycles. The number of pyridine rings is 1. The Labute approximate surface area is 119 Å². The molecule has 20 heavy (non-hydrogen) atoms. The Morgan fingerprint density at radius 3 is 2.80 bits per heavy atom. The summed E-state index contributed by atoms with van der Waals surface area (Å²) in [5, 5.41) is 8.90. The summed E-state index contributed by atoms with van der Waals surface area (Å²) in [4.78, 5) is 17.7. The predicted octanol–water partition coefficient (Wildman–Crippen LogP) is 2.93. The number of likely N-dealkylation sites (tertiary alicyclic amines) is 1. The van der Waals surface area contributed by atoms with Crippen molar-refractivity contribution in [2.45, 2.75) is 51.1 Å². The second kappa shape index (κ2) is 5.92. The molecule has 2 aliphatic rings. The van der Waals surface area contributed by atoms with E-state index in [0.717, 1.165) is 30.7 Å². The number of aromatic carboxylic acids is 1. The molecule has 0 bridgehead atoms. The molecule has 4 heteroatoms. The maximum absolute atomic E-state index is 10.8. The summed E-state index contributed by atoms with van der Waals surface area (Å²) in [5.74, 6) is -0.0369. The van der Waals surface area contributed by atoms with Crippen molar-refractivity contribution < 1.29 is 9.90 Å². The first-order valence-electron chi connectivity index (χ1n) is 7.66. The number of fused-ring (bicyclic) bond motifs is 1. The molecule has 0 aromatic carbocycles. The van der Waals surface area contributed by atoms with Crippen molar-refractivity contribution in [1.29, 1.82) is 0 Å². The van der Waals surface area contributed by atoms with Gasteiger partial charge in [-0.25, -0.2) is 4.79 Å². The SMILES string of the molecule is O=C(O)c1ccc(CN2CCC[C@H]3CCCC[C@H]32)nc1. The second-order valence-electron chi connectivity index (χ2n) is 6.07. The smallest absolute Gasteiger partial charge is 0.337 e. The van der Waals surface area contributed by atoms with E-state index in [2.05, 4.69) is 9.88 Å². The zero-order valence-electron chi connectivity index (χ0n) is 11.8. The van der Waals surface area contributed by atoms with E-state index in [1.165, 1.54) is 44.7 Å². The number of nitrogens with zero attached hydrogens (tertiary/aromatic N) is 2. The van der Waals surface area contributed by atoms with Gasteiger partial charge in [-0.1, -0.05) is 12.8 Å². The Bertz CT molecular complexity index is 470. The second-order valence-corrected chi connectivity index (χ2v) is 6.07. The van der Waals surface area contributed by atoms with Gasteiger partial charge >= 0.3 is 5.97 Å². The van der Waals surface area contributed by atoms with Crippen LogP contribution in [0.1, 0.15) is 54.6 Å². The van der Waals surface area contributed by atoms with Gasteiger partial charge in [0, 0.05) is 18.8 Å². The molecule has 108 valence electrons. The lowest BCUT2D eigenvalue weighted by Crippen LogP contribution is -2.46. The zero-order valence-corrected chi connectivity index (χ0v) is 11.8. The molecule has 2 atom stereocenters. The lowest BCUT2D eigenvalue weighted by atomic mass is 9.78. The molecular formula is C16H22N2O2. The van der Waals surface area contributed by atoms with Gasteiger partial charge in [0.15, 0.2) is 0 Å². The third-order valence-corrected chi connectivity index (χ3v) is 4.79. The molecule has 2 heterocycles.